The normalized spacial score (nSPS) is 13.5. The maximum atomic E-state index is 11.1. The van der Waals surface area contributed by atoms with Crippen molar-refractivity contribution in [3.63, 3.8) is 0 Å². The molecule has 0 radical (unpaired) electrons. The molecule has 0 aromatic heterocycles. The van der Waals surface area contributed by atoms with Crippen molar-refractivity contribution in [2.75, 3.05) is 0 Å². The van der Waals surface area contributed by atoms with Crippen LogP contribution in [0.4, 0.5) is 0 Å². The van der Waals surface area contributed by atoms with Crippen molar-refractivity contribution in [3.05, 3.63) is 28.8 Å². The van der Waals surface area contributed by atoms with E-state index in [4.69, 9.17) is 4.89 Å². The lowest BCUT2D eigenvalue weighted by atomic mass is 9.78. The first-order chi connectivity index (χ1) is 8.43. The predicted molar refractivity (Wildman–Crippen MR) is 79.0 cm³/mol. The monoisotopic (exact) mass is 283 g/mol. The Bertz CT molecular complexity index is 458. The lowest BCUT2D eigenvalue weighted by molar-refractivity contribution is 0.422. The van der Waals surface area contributed by atoms with Crippen LogP contribution in [0, 0.1) is 0 Å². The quantitative estimate of drug-likeness (QED) is 0.799. The number of hydrogen-bond donors (Lipinski definition) is 2. The summed E-state index contributed by atoms with van der Waals surface area (Å²) in [4.78, 5) is 9.11. The highest BCUT2D eigenvalue weighted by molar-refractivity contribution is 7.37. The van der Waals surface area contributed by atoms with Gasteiger partial charge in [0.05, 0.1) is 0 Å². The van der Waals surface area contributed by atoms with Crippen LogP contribution >= 0.6 is 8.03 Å². The van der Waals surface area contributed by atoms with Crippen molar-refractivity contribution in [3.8, 4) is 5.75 Å². The van der Waals surface area contributed by atoms with Gasteiger partial charge in [0, 0.05) is 5.56 Å². The number of rotatable bonds is 2. The topological polar surface area (TPSA) is 57.5 Å². The Morgan fingerprint density at radius 2 is 1.37 bits per heavy atom. The van der Waals surface area contributed by atoms with Crippen LogP contribution in [0.1, 0.15) is 58.2 Å². The summed E-state index contributed by atoms with van der Waals surface area (Å²) in [6, 6.07) is 3.68. The van der Waals surface area contributed by atoms with Crippen molar-refractivity contribution in [1.82, 2.24) is 0 Å². The lowest BCUT2D eigenvalue weighted by Gasteiger charge is -2.27. The molecular formula is C15H24O3P+. The molecule has 106 valence electrons. The minimum absolute atomic E-state index is 0.127. The fraction of sp³-hybridized carbons (Fsp3) is 0.600. The van der Waals surface area contributed by atoms with Gasteiger partial charge in [-0.25, -0.2) is 0 Å². The summed E-state index contributed by atoms with van der Waals surface area (Å²) in [7, 11) is -2.21. The minimum atomic E-state index is -2.21. The largest absolute Gasteiger partial charge is 0.510 e. The molecule has 2 N–H and O–H groups in total. The number of hydrogen-bond acceptors (Lipinski definition) is 2. The molecule has 0 amide bonds. The molecule has 19 heavy (non-hydrogen) atoms. The Hall–Kier alpha value is -0.920. The van der Waals surface area contributed by atoms with E-state index in [-0.39, 0.29) is 17.0 Å². The Labute approximate surface area is 116 Å². The number of phenolic OH excluding ortho intramolecular Hbond substituents is 1. The van der Waals surface area contributed by atoms with Gasteiger partial charge in [-0.05, 0) is 38.7 Å². The highest BCUT2D eigenvalue weighted by atomic mass is 31.1. The van der Waals surface area contributed by atoms with Gasteiger partial charge in [-0.1, -0.05) is 41.5 Å². The van der Waals surface area contributed by atoms with E-state index in [0.29, 0.717) is 5.75 Å². The van der Waals surface area contributed by atoms with E-state index in [9.17, 15) is 9.67 Å². The maximum absolute atomic E-state index is 11.1. The molecule has 1 aromatic carbocycles. The summed E-state index contributed by atoms with van der Waals surface area (Å²) < 4.78 is 11.1. The molecule has 0 saturated heterocycles. The summed E-state index contributed by atoms with van der Waals surface area (Å²) in [5.74, 6) is 0.303. The zero-order valence-electron chi connectivity index (χ0n) is 12.6. The standard InChI is InChI=1S/C15H23O3P/c1-14(2,3)11-7-10(9-19(17)18)8-12(13(11)16)15(4,5)6/h7-8H,9H2,1-6H3,(H-,16,17,18)/p+1. The maximum Gasteiger partial charge on any atom is 0.510 e. The predicted octanol–water partition coefficient (Wildman–Crippen LogP) is 4.22. The van der Waals surface area contributed by atoms with Gasteiger partial charge < -0.3 is 5.11 Å². The minimum Gasteiger partial charge on any atom is -0.507 e. The van der Waals surface area contributed by atoms with Crippen molar-refractivity contribution in [2.45, 2.75) is 58.5 Å². The van der Waals surface area contributed by atoms with E-state index >= 15 is 0 Å². The molecule has 0 fully saturated rings. The van der Waals surface area contributed by atoms with E-state index in [1.54, 1.807) is 0 Å². The summed E-state index contributed by atoms with van der Waals surface area (Å²) in [5.41, 5.74) is 2.04. The van der Waals surface area contributed by atoms with Crippen LogP contribution in [0.3, 0.4) is 0 Å². The van der Waals surface area contributed by atoms with Gasteiger partial charge >= 0.3 is 8.03 Å². The molecule has 0 spiro atoms. The molecular weight excluding hydrogens is 259 g/mol. The molecule has 0 bridgehead atoms. The lowest BCUT2D eigenvalue weighted by Crippen LogP contribution is -2.17. The Kier molecular flexibility index (Phi) is 4.44. The van der Waals surface area contributed by atoms with E-state index in [2.05, 4.69) is 0 Å². The molecule has 1 atom stereocenters. The fourth-order valence-electron chi connectivity index (χ4n) is 2.09. The van der Waals surface area contributed by atoms with Crippen LogP contribution < -0.4 is 0 Å². The molecule has 0 aliphatic heterocycles. The highest BCUT2D eigenvalue weighted by Crippen LogP contribution is 2.40. The van der Waals surface area contributed by atoms with Gasteiger partial charge in [0.2, 0.25) is 6.16 Å². The van der Waals surface area contributed by atoms with E-state index in [1.807, 2.05) is 53.7 Å². The van der Waals surface area contributed by atoms with Gasteiger partial charge in [-0.15, -0.1) is 0 Å². The van der Waals surface area contributed by atoms with E-state index in [1.165, 1.54) is 0 Å². The van der Waals surface area contributed by atoms with Gasteiger partial charge in [0.1, 0.15) is 5.75 Å². The van der Waals surface area contributed by atoms with Crippen LogP contribution in [0.5, 0.6) is 5.75 Å². The van der Waals surface area contributed by atoms with Crippen molar-refractivity contribution < 1.29 is 14.6 Å². The molecule has 1 unspecified atom stereocenters. The van der Waals surface area contributed by atoms with Crippen LogP contribution in [-0.2, 0) is 21.6 Å². The Balaban J connectivity index is 3.52. The molecule has 1 rings (SSSR count). The first-order valence-electron chi connectivity index (χ1n) is 6.43. The molecule has 0 heterocycles. The summed E-state index contributed by atoms with van der Waals surface area (Å²) >= 11 is 0. The molecule has 0 aliphatic carbocycles. The van der Waals surface area contributed by atoms with Crippen molar-refractivity contribution in [1.29, 1.82) is 0 Å². The van der Waals surface area contributed by atoms with Crippen molar-refractivity contribution >= 4 is 8.03 Å². The SMILES string of the molecule is CC(C)(C)c1cc(C[P+](=O)O)cc(C(C)(C)C)c1O. The molecule has 4 heteroatoms. The Morgan fingerprint density at radius 1 is 1.00 bits per heavy atom. The second kappa shape index (κ2) is 5.22. The molecule has 3 nitrogen and oxygen atoms in total. The summed E-state index contributed by atoms with van der Waals surface area (Å²) in [5, 5.41) is 10.5. The number of phenols is 1. The van der Waals surface area contributed by atoms with Crippen molar-refractivity contribution in [2.24, 2.45) is 0 Å². The van der Waals surface area contributed by atoms with Gasteiger partial charge in [-0.3, -0.25) is 0 Å². The van der Waals surface area contributed by atoms with Crippen LogP contribution in [-0.4, -0.2) is 10.00 Å². The molecule has 0 saturated carbocycles. The zero-order chi connectivity index (χ0) is 15.0. The van der Waals surface area contributed by atoms with Gasteiger partial charge in [0.15, 0.2) is 0 Å². The second-order valence-electron chi connectivity index (χ2n) is 7.05. The van der Waals surface area contributed by atoms with E-state index < -0.39 is 8.03 Å². The summed E-state index contributed by atoms with van der Waals surface area (Å²) in [6.45, 7) is 12.2. The average Bonchev–Trinajstić information content (AvgIpc) is 2.16. The van der Waals surface area contributed by atoms with Gasteiger partial charge in [-0.2, -0.15) is 4.89 Å². The third-order valence-corrected chi connectivity index (χ3v) is 3.74. The van der Waals surface area contributed by atoms with Crippen LogP contribution in [0.2, 0.25) is 0 Å². The van der Waals surface area contributed by atoms with Crippen LogP contribution in [0.25, 0.3) is 0 Å². The Morgan fingerprint density at radius 3 is 1.63 bits per heavy atom. The molecule has 1 aromatic rings. The second-order valence-corrected chi connectivity index (χ2v) is 8.07. The smallest absolute Gasteiger partial charge is 0.507 e. The summed E-state index contributed by atoms with van der Waals surface area (Å²) in [6.07, 6.45) is 0.127. The van der Waals surface area contributed by atoms with Gasteiger partial charge in [0.25, 0.3) is 0 Å². The first-order valence-corrected chi connectivity index (χ1v) is 7.83. The molecule has 0 aliphatic rings. The van der Waals surface area contributed by atoms with E-state index in [0.717, 1.165) is 16.7 Å². The third-order valence-electron chi connectivity index (χ3n) is 3.10. The fourth-order valence-corrected chi connectivity index (χ4v) is 2.58. The highest BCUT2D eigenvalue weighted by Gasteiger charge is 2.27. The number of aromatic hydroxyl groups is 1. The zero-order valence-corrected chi connectivity index (χ0v) is 13.5. The average molecular weight is 283 g/mol. The first kappa shape index (κ1) is 16.1. The van der Waals surface area contributed by atoms with Crippen LogP contribution in [0.15, 0.2) is 12.1 Å². The third kappa shape index (κ3) is 4.02. The number of benzene rings is 1.